The van der Waals surface area contributed by atoms with Gasteiger partial charge in [-0.2, -0.15) is 5.26 Å². The summed E-state index contributed by atoms with van der Waals surface area (Å²) >= 11 is 0. The van der Waals surface area contributed by atoms with Crippen LogP contribution in [0, 0.1) is 11.3 Å². The second kappa shape index (κ2) is 8.54. The predicted molar refractivity (Wildman–Crippen MR) is 87.8 cm³/mol. The topological polar surface area (TPSA) is 82.4 Å². The summed E-state index contributed by atoms with van der Waals surface area (Å²) in [5, 5.41) is 9.09. The lowest BCUT2D eigenvalue weighted by atomic mass is 10.2. The molecule has 6 nitrogen and oxygen atoms in total. The molecule has 0 spiro atoms. The summed E-state index contributed by atoms with van der Waals surface area (Å²) in [4.78, 5) is 1.62. The van der Waals surface area contributed by atoms with Crippen molar-refractivity contribution < 1.29 is 13.2 Å². The van der Waals surface area contributed by atoms with E-state index in [1.807, 2.05) is 38.1 Å². The molecule has 0 fully saturated rings. The van der Waals surface area contributed by atoms with Crippen molar-refractivity contribution in [3.63, 3.8) is 0 Å². The third-order valence-electron chi connectivity index (χ3n) is 2.85. The highest BCUT2D eigenvalue weighted by atomic mass is 32.2. The quantitative estimate of drug-likeness (QED) is 0.580. The van der Waals surface area contributed by atoms with Gasteiger partial charge in [0.2, 0.25) is 0 Å². The minimum absolute atomic E-state index is 0.134. The fourth-order valence-corrected chi connectivity index (χ4v) is 2.58. The van der Waals surface area contributed by atoms with Crippen LogP contribution in [0.15, 0.2) is 29.2 Å². The van der Waals surface area contributed by atoms with E-state index in [4.69, 9.17) is 10.00 Å². The van der Waals surface area contributed by atoms with Gasteiger partial charge in [0.25, 0.3) is 10.0 Å². The second-order valence-corrected chi connectivity index (χ2v) is 6.44. The molecule has 1 rings (SSSR count). The lowest BCUT2D eigenvalue weighted by molar-refractivity contribution is 0.153. The number of hydrogen-bond donors (Lipinski definition) is 1. The zero-order valence-corrected chi connectivity index (χ0v) is 13.9. The van der Waals surface area contributed by atoms with Crippen molar-refractivity contribution >= 4 is 21.8 Å². The van der Waals surface area contributed by atoms with Crippen LogP contribution in [0.25, 0.3) is 6.08 Å². The molecule has 0 aliphatic heterocycles. The van der Waals surface area contributed by atoms with Gasteiger partial charge in [-0.05, 0) is 30.7 Å². The van der Waals surface area contributed by atoms with Crippen LogP contribution in [0.3, 0.4) is 0 Å². The van der Waals surface area contributed by atoms with E-state index in [0.717, 1.165) is 5.69 Å². The molecular weight excluding hydrogens is 302 g/mol. The van der Waals surface area contributed by atoms with Crippen molar-refractivity contribution in [1.82, 2.24) is 4.72 Å². The molecule has 0 heterocycles. The molecule has 120 valence electrons. The number of anilines is 1. The van der Waals surface area contributed by atoms with Crippen LogP contribution < -0.4 is 9.62 Å². The Morgan fingerprint density at radius 1 is 1.36 bits per heavy atom. The van der Waals surface area contributed by atoms with Crippen LogP contribution in [0.5, 0.6) is 0 Å². The normalized spacial score (nSPS) is 12.0. The fourth-order valence-electron chi connectivity index (χ4n) is 1.66. The van der Waals surface area contributed by atoms with E-state index < -0.39 is 10.0 Å². The first kappa shape index (κ1) is 18.2. The molecule has 1 aromatic carbocycles. The number of sulfonamides is 1. The van der Waals surface area contributed by atoms with E-state index in [0.29, 0.717) is 12.2 Å². The zero-order chi connectivity index (χ0) is 16.6. The minimum Gasteiger partial charge on any atom is -0.380 e. The molecule has 0 bridgehead atoms. The predicted octanol–water partition coefficient (Wildman–Crippen LogP) is 1.57. The first-order valence-corrected chi connectivity index (χ1v) is 8.35. The standard InChI is InChI=1S/C15H21N3O3S/c1-4-21-10-9-17-22(19,20)15(12-16)11-13-5-7-14(8-6-13)18(2)3/h5-8,11,17H,4,9-10H2,1-3H3/b15-11+. The van der Waals surface area contributed by atoms with Crippen LogP contribution in [0.1, 0.15) is 12.5 Å². The molecule has 0 aromatic heterocycles. The maximum Gasteiger partial charge on any atom is 0.250 e. The molecule has 22 heavy (non-hydrogen) atoms. The Kier molecular flexibility index (Phi) is 7.05. The van der Waals surface area contributed by atoms with Gasteiger partial charge < -0.3 is 9.64 Å². The van der Waals surface area contributed by atoms with Crippen molar-refractivity contribution in [3.05, 3.63) is 34.7 Å². The lowest BCUT2D eigenvalue weighted by Gasteiger charge is -2.12. The minimum atomic E-state index is -3.82. The third kappa shape index (κ3) is 5.48. The Morgan fingerprint density at radius 3 is 2.50 bits per heavy atom. The summed E-state index contributed by atoms with van der Waals surface area (Å²) in [6, 6.07) is 8.98. The first-order valence-electron chi connectivity index (χ1n) is 6.87. The molecule has 0 radical (unpaired) electrons. The molecule has 0 amide bonds. The van der Waals surface area contributed by atoms with Crippen LogP contribution in [0.2, 0.25) is 0 Å². The Morgan fingerprint density at radius 2 is 2.00 bits per heavy atom. The van der Waals surface area contributed by atoms with E-state index in [-0.39, 0.29) is 18.1 Å². The Balaban J connectivity index is 2.87. The fraction of sp³-hybridized carbons (Fsp3) is 0.400. The number of benzene rings is 1. The average Bonchev–Trinajstić information content (AvgIpc) is 2.49. The highest BCUT2D eigenvalue weighted by Gasteiger charge is 2.16. The number of hydrogen-bond acceptors (Lipinski definition) is 5. The van der Waals surface area contributed by atoms with Gasteiger partial charge in [0.15, 0.2) is 4.91 Å². The Hall–Kier alpha value is -1.88. The third-order valence-corrected chi connectivity index (χ3v) is 4.22. The largest absolute Gasteiger partial charge is 0.380 e. The van der Waals surface area contributed by atoms with E-state index in [2.05, 4.69) is 4.72 Å². The molecule has 0 saturated carbocycles. The molecule has 7 heteroatoms. The van der Waals surface area contributed by atoms with Gasteiger partial charge in [-0.25, -0.2) is 13.1 Å². The average molecular weight is 323 g/mol. The number of ether oxygens (including phenoxy) is 1. The highest BCUT2D eigenvalue weighted by Crippen LogP contribution is 2.16. The molecule has 0 saturated heterocycles. The number of nitriles is 1. The zero-order valence-electron chi connectivity index (χ0n) is 13.0. The SMILES string of the molecule is CCOCCNS(=O)(=O)/C(C#N)=C/c1ccc(N(C)C)cc1. The monoisotopic (exact) mass is 323 g/mol. The van der Waals surface area contributed by atoms with Crippen LogP contribution in [-0.2, 0) is 14.8 Å². The van der Waals surface area contributed by atoms with Gasteiger partial charge in [-0.3, -0.25) is 0 Å². The summed E-state index contributed by atoms with van der Waals surface area (Å²) in [7, 11) is 0.0120. The van der Waals surface area contributed by atoms with Crippen LogP contribution in [0.4, 0.5) is 5.69 Å². The maximum absolute atomic E-state index is 12.0. The summed E-state index contributed by atoms with van der Waals surface area (Å²) < 4.78 is 31.5. The van der Waals surface area contributed by atoms with Crippen LogP contribution >= 0.6 is 0 Å². The van der Waals surface area contributed by atoms with Crippen molar-refractivity contribution in [2.75, 3.05) is 38.8 Å². The smallest absolute Gasteiger partial charge is 0.250 e. The number of allylic oxidation sites excluding steroid dienone is 1. The highest BCUT2D eigenvalue weighted by molar-refractivity contribution is 7.93. The summed E-state index contributed by atoms with van der Waals surface area (Å²) in [5.41, 5.74) is 1.64. The second-order valence-electron chi connectivity index (χ2n) is 4.70. The summed E-state index contributed by atoms with van der Waals surface area (Å²) in [5.74, 6) is 0. The van der Waals surface area contributed by atoms with Crippen LogP contribution in [-0.4, -0.2) is 42.3 Å². The molecule has 0 aliphatic carbocycles. The van der Waals surface area contributed by atoms with E-state index in [1.54, 1.807) is 18.2 Å². The lowest BCUT2D eigenvalue weighted by Crippen LogP contribution is -2.28. The van der Waals surface area contributed by atoms with E-state index in [1.165, 1.54) is 6.08 Å². The molecule has 0 unspecified atom stereocenters. The molecule has 1 aromatic rings. The first-order chi connectivity index (χ1) is 10.4. The van der Waals surface area contributed by atoms with Gasteiger partial charge in [-0.1, -0.05) is 12.1 Å². The summed E-state index contributed by atoms with van der Waals surface area (Å²) in [6.45, 7) is 2.74. The van der Waals surface area contributed by atoms with Crippen molar-refractivity contribution in [2.24, 2.45) is 0 Å². The van der Waals surface area contributed by atoms with Gasteiger partial charge in [0, 0.05) is 32.9 Å². The van der Waals surface area contributed by atoms with Gasteiger partial charge in [0.05, 0.1) is 6.61 Å². The van der Waals surface area contributed by atoms with E-state index >= 15 is 0 Å². The maximum atomic E-state index is 12.0. The summed E-state index contributed by atoms with van der Waals surface area (Å²) in [6.07, 6.45) is 1.35. The Labute approximate surface area is 132 Å². The molecule has 0 atom stereocenters. The van der Waals surface area contributed by atoms with Crippen molar-refractivity contribution in [1.29, 1.82) is 5.26 Å². The van der Waals surface area contributed by atoms with Gasteiger partial charge in [-0.15, -0.1) is 0 Å². The molecule has 1 N–H and O–H groups in total. The number of nitrogens with one attached hydrogen (secondary N) is 1. The van der Waals surface area contributed by atoms with E-state index in [9.17, 15) is 8.42 Å². The van der Waals surface area contributed by atoms with Gasteiger partial charge in [0.1, 0.15) is 6.07 Å². The van der Waals surface area contributed by atoms with Gasteiger partial charge >= 0.3 is 0 Å². The Bertz CT molecular complexity index is 644. The molecule has 0 aliphatic rings. The van der Waals surface area contributed by atoms with Crippen molar-refractivity contribution in [3.8, 4) is 6.07 Å². The number of nitrogens with zero attached hydrogens (tertiary/aromatic N) is 2. The number of rotatable bonds is 8. The van der Waals surface area contributed by atoms with Crippen molar-refractivity contribution in [2.45, 2.75) is 6.92 Å². The molecular formula is C15H21N3O3S.